The van der Waals surface area contributed by atoms with Gasteiger partial charge in [0.15, 0.2) is 6.29 Å². The van der Waals surface area contributed by atoms with Gasteiger partial charge < -0.3 is 9.84 Å². The van der Waals surface area contributed by atoms with Gasteiger partial charge in [-0.25, -0.2) is 9.90 Å². The number of amides is 1. The molecule has 1 saturated heterocycles. The van der Waals surface area contributed by atoms with Gasteiger partial charge in [-0.2, -0.15) is 0 Å². The Bertz CT molecular complexity index is 611. The van der Waals surface area contributed by atoms with E-state index >= 15 is 0 Å². The molecule has 0 radical (unpaired) electrons. The summed E-state index contributed by atoms with van der Waals surface area (Å²) in [7, 11) is 0. The maximum absolute atomic E-state index is 12.2. The first-order valence-corrected chi connectivity index (χ1v) is 10.5. The van der Waals surface area contributed by atoms with Crippen LogP contribution >= 0.6 is 0 Å². The largest absolute Gasteiger partial charge is 0.481 e. The molecule has 1 fully saturated rings. The van der Waals surface area contributed by atoms with E-state index in [4.69, 9.17) is 14.7 Å². The Kier molecular flexibility index (Phi) is 12.2. The molecule has 6 nitrogen and oxygen atoms in total. The number of carbonyl (C=O) groups excluding carboxylic acids is 1. The van der Waals surface area contributed by atoms with Crippen molar-refractivity contribution in [3.05, 3.63) is 34.9 Å². The molecule has 1 amide bonds. The summed E-state index contributed by atoms with van der Waals surface area (Å²) in [6.07, 6.45) is 12.0. The number of rotatable bonds is 12. The standard InChI is InChI=1S/C23H37NO5/c1-18(2)9-7-10-19(3)11-8-12-20(4)14-15-24(21(25)17-22(26)27)29-23-13-5-6-16-28-23/h9,11,14,23H,5-8,10,12-13,15-17H2,1-4H3,(H,26,27)/b19-11+,20-14+. The molecule has 1 aliphatic rings. The number of carbonyl (C=O) groups is 2. The molecule has 0 aromatic rings. The van der Waals surface area contributed by atoms with Crippen molar-refractivity contribution in [2.75, 3.05) is 13.2 Å². The first-order valence-electron chi connectivity index (χ1n) is 10.5. The molecule has 1 unspecified atom stereocenters. The van der Waals surface area contributed by atoms with Crippen molar-refractivity contribution in [3.63, 3.8) is 0 Å². The summed E-state index contributed by atoms with van der Waals surface area (Å²) in [6.45, 7) is 9.22. The molecule has 0 saturated carbocycles. The zero-order valence-electron chi connectivity index (χ0n) is 18.4. The van der Waals surface area contributed by atoms with Crippen LogP contribution in [0.2, 0.25) is 0 Å². The Labute approximate surface area is 175 Å². The molecular weight excluding hydrogens is 370 g/mol. The second-order valence-corrected chi connectivity index (χ2v) is 7.89. The van der Waals surface area contributed by atoms with Gasteiger partial charge in [0.1, 0.15) is 6.42 Å². The third-order valence-corrected chi connectivity index (χ3v) is 4.69. The van der Waals surface area contributed by atoms with Gasteiger partial charge in [-0.15, -0.1) is 0 Å². The highest BCUT2D eigenvalue weighted by Crippen LogP contribution is 2.17. The predicted octanol–water partition coefficient (Wildman–Crippen LogP) is 5.17. The Morgan fingerprint density at radius 1 is 1.03 bits per heavy atom. The van der Waals surface area contributed by atoms with Crippen LogP contribution in [-0.2, 0) is 19.2 Å². The molecule has 29 heavy (non-hydrogen) atoms. The monoisotopic (exact) mass is 407 g/mol. The van der Waals surface area contributed by atoms with Gasteiger partial charge in [0.05, 0.1) is 6.54 Å². The van der Waals surface area contributed by atoms with Gasteiger partial charge in [-0.05, 0) is 66.2 Å². The van der Waals surface area contributed by atoms with E-state index in [0.717, 1.165) is 49.2 Å². The van der Waals surface area contributed by atoms with E-state index in [1.54, 1.807) is 0 Å². The average molecular weight is 408 g/mol. The van der Waals surface area contributed by atoms with Crippen LogP contribution < -0.4 is 0 Å². The van der Waals surface area contributed by atoms with E-state index < -0.39 is 24.6 Å². The van der Waals surface area contributed by atoms with Crippen molar-refractivity contribution in [3.8, 4) is 0 Å². The fourth-order valence-electron chi connectivity index (χ4n) is 2.94. The van der Waals surface area contributed by atoms with E-state index in [2.05, 4.69) is 32.9 Å². The summed E-state index contributed by atoms with van der Waals surface area (Å²) in [4.78, 5) is 28.8. The smallest absolute Gasteiger partial charge is 0.312 e. The molecule has 6 heteroatoms. The Morgan fingerprint density at radius 3 is 2.28 bits per heavy atom. The highest BCUT2D eigenvalue weighted by atomic mass is 16.8. The molecule has 164 valence electrons. The van der Waals surface area contributed by atoms with Crippen LogP contribution in [0.5, 0.6) is 0 Å². The number of ether oxygens (including phenoxy) is 1. The second kappa shape index (κ2) is 14.1. The normalized spacial score (nSPS) is 17.7. The summed E-state index contributed by atoms with van der Waals surface area (Å²) < 4.78 is 5.51. The lowest BCUT2D eigenvalue weighted by molar-refractivity contribution is -0.276. The van der Waals surface area contributed by atoms with Crippen molar-refractivity contribution < 1.29 is 24.3 Å². The summed E-state index contributed by atoms with van der Waals surface area (Å²) in [5.41, 5.74) is 3.87. The Balaban J connectivity index is 2.53. The van der Waals surface area contributed by atoms with Gasteiger partial charge in [0.25, 0.3) is 5.91 Å². The summed E-state index contributed by atoms with van der Waals surface area (Å²) in [6, 6.07) is 0. The van der Waals surface area contributed by atoms with Crippen LogP contribution in [0.3, 0.4) is 0 Å². The van der Waals surface area contributed by atoms with Crippen molar-refractivity contribution >= 4 is 11.9 Å². The van der Waals surface area contributed by atoms with Crippen LogP contribution in [0, 0.1) is 0 Å². The number of carboxylic acid groups (broad SMARTS) is 1. The first kappa shape index (κ1) is 25.1. The van der Waals surface area contributed by atoms with Crippen LogP contribution in [0.1, 0.15) is 79.1 Å². The number of nitrogens with zero attached hydrogens (tertiary/aromatic N) is 1. The van der Waals surface area contributed by atoms with E-state index in [9.17, 15) is 9.59 Å². The summed E-state index contributed by atoms with van der Waals surface area (Å²) >= 11 is 0. The van der Waals surface area contributed by atoms with Gasteiger partial charge in [-0.3, -0.25) is 9.59 Å². The van der Waals surface area contributed by atoms with E-state index in [1.165, 1.54) is 11.1 Å². The molecule has 0 aromatic heterocycles. The third-order valence-electron chi connectivity index (χ3n) is 4.69. The van der Waals surface area contributed by atoms with Crippen LogP contribution in [0.25, 0.3) is 0 Å². The number of hydrogen-bond donors (Lipinski definition) is 1. The van der Waals surface area contributed by atoms with Gasteiger partial charge in [0.2, 0.25) is 0 Å². The topological polar surface area (TPSA) is 76.1 Å². The lowest BCUT2D eigenvalue weighted by Gasteiger charge is -2.28. The molecular formula is C23H37NO5. The first-order chi connectivity index (χ1) is 13.8. The fourth-order valence-corrected chi connectivity index (χ4v) is 2.94. The van der Waals surface area contributed by atoms with E-state index in [0.29, 0.717) is 13.0 Å². The quantitative estimate of drug-likeness (QED) is 0.274. The van der Waals surface area contributed by atoms with Crippen LogP contribution in [0.15, 0.2) is 34.9 Å². The Morgan fingerprint density at radius 2 is 1.69 bits per heavy atom. The number of hydroxylamine groups is 2. The molecule has 1 heterocycles. The molecule has 0 aromatic carbocycles. The van der Waals surface area contributed by atoms with Crippen molar-refractivity contribution in [2.45, 2.75) is 85.4 Å². The minimum Gasteiger partial charge on any atom is -0.481 e. The summed E-state index contributed by atoms with van der Waals surface area (Å²) in [5.74, 6) is -1.73. The number of carboxylic acids is 1. The number of allylic oxidation sites excluding steroid dienone is 5. The fraction of sp³-hybridized carbons (Fsp3) is 0.652. The molecule has 1 atom stereocenters. The minimum absolute atomic E-state index is 0.223. The molecule has 0 bridgehead atoms. The van der Waals surface area contributed by atoms with Gasteiger partial charge >= 0.3 is 5.97 Å². The second-order valence-electron chi connectivity index (χ2n) is 7.89. The van der Waals surface area contributed by atoms with Crippen molar-refractivity contribution in [1.29, 1.82) is 0 Å². The lowest BCUT2D eigenvalue weighted by atomic mass is 10.1. The lowest BCUT2D eigenvalue weighted by Crippen LogP contribution is -2.38. The zero-order chi connectivity index (χ0) is 21.6. The molecule has 1 rings (SSSR count). The van der Waals surface area contributed by atoms with Crippen LogP contribution in [-0.4, -0.2) is 41.5 Å². The maximum atomic E-state index is 12.2. The zero-order valence-corrected chi connectivity index (χ0v) is 18.4. The summed E-state index contributed by atoms with van der Waals surface area (Å²) in [5, 5.41) is 10.0. The average Bonchev–Trinajstić information content (AvgIpc) is 2.65. The third kappa shape index (κ3) is 12.3. The Hall–Kier alpha value is -1.92. The van der Waals surface area contributed by atoms with Gasteiger partial charge in [0, 0.05) is 13.0 Å². The number of aliphatic carboxylic acids is 1. The van der Waals surface area contributed by atoms with Crippen LogP contribution in [0.4, 0.5) is 0 Å². The van der Waals surface area contributed by atoms with Gasteiger partial charge in [-0.1, -0.05) is 34.9 Å². The SMILES string of the molecule is CC(C)=CCC/C(C)=C/CC/C(C)=C/CN(OC1CCCCO1)C(=O)CC(=O)O. The van der Waals surface area contributed by atoms with E-state index in [1.807, 2.05) is 13.0 Å². The van der Waals surface area contributed by atoms with Crippen molar-refractivity contribution in [2.24, 2.45) is 0 Å². The molecule has 0 aliphatic carbocycles. The molecule has 1 N–H and O–H groups in total. The van der Waals surface area contributed by atoms with E-state index in [-0.39, 0.29) is 6.54 Å². The van der Waals surface area contributed by atoms with Crippen molar-refractivity contribution in [1.82, 2.24) is 5.06 Å². The highest BCUT2D eigenvalue weighted by molar-refractivity contribution is 5.92. The number of hydrogen-bond acceptors (Lipinski definition) is 4. The molecule has 0 spiro atoms. The maximum Gasteiger partial charge on any atom is 0.312 e. The highest BCUT2D eigenvalue weighted by Gasteiger charge is 2.23. The minimum atomic E-state index is -1.16. The molecule has 1 aliphatic heterocycles. The predicted molar refractivity (Wildman–Crippen MR) is 114 cm³/mol.